The Balaban J connectivity index is 1.65. The number of amides is 3. The number of aromatic nitrogens is 2. The van der Waals surface area contributed by atoms with Crippen LogP contribution in [-0.2, 0) is 11.3 Å². The number of thioether (sulfide) groups is 1. The first kappa shape index (κ1) is 26.8. The lowest BCUT2D eigenvalue weighted by molar-refractivity contribution is 0.00856. The van der Waals surface area contributed by atoms with Gasteiger partial charge in [0.1, 0.15) is 22.9 Å². The zero-order chi connectivity index (χ0) is 26.7. The van der Waals surface area contributed by atoms with E-state index in [-0.39, 0.29) is 18.2 Å². The highest BCUT2D eigenvalue weighted by molar-refractivity contribution is 7.99. The maximum atomic E-state index is 14.0. The Morgan fingerprint density at radius 2 is 1.81 bits per heavy atom. The Bertz CT molecular complexity index is 1130. The van der Waals surface area contributed by atoms with E-state index in [0.717, 1.165) is 24.2 Å². The smallest absolute Gasteiger partial charge is 0.410 e. The Hall–Kier alpha value is -3.21. The summed E-state index contributed by atoms with van der Waals surface area (Å²) in [5.74, 6) is 2.67. The molecule has 0 atom stereocenters. The Morgan fingerprint density at radius 3 is 2.41 bits per heavy atom. The molecule has 3 amide bonds. The number of unbranched alkanes of at least 4 members (excludes halogenated alkanes) is 1. The van der Waals surface area contributed by atoms with Gasteiger partial charge in [-0.25, -0.2) is 19.6 Å². The first-order valence-corrected chi connectivity index (χ1v) is 13.4. The van der Waals surface area contributed by atoms with E-state index in [4.69, 9.17) is 19.2 Å². The summed E-state index contributed by atoms with van der Waals surface area (Å²) in [7, 11) is 3.15. The van der Waals surface area contributed by atoms with Crippen molar-refractivity contribution in [3.63, 3.8) is 0 Å². The van der Waals surface area contributed by atoms with Crippen LogP contribution < -0.4 is 19.3 Å². The molecule has 200 valence electrons. The Kier molecular flexibility index (Phi) is 8.01. The number of benzene rings is 1. The van der Waals surface area contributed by atoms with Gasteiger partial charge in [0.2, 0.25) is 0 Å². The monoisotopic (exact) mass is 529 g/mol. The molecule has 0 spiro atoms. The van der Waals surface area contributed by atoms with E-state index < -0.39 is 5.60 Å². The van der Waals surface area contributed by atoms with Gasteiger partial charge in [-0.1, -0.05) is 25.1 Å². The fourth-order valence-electron chi connectivity index (χ4n) is 4.11. The van der Waals surface area contributed by atoms with Crippen molar-refractivity contribution < 1.29 is 23.8 Å². The van der Waals surface area contributed by atoms with E-state index in [1.165, 1.54) is 0 Å². The van der Waals surface area contributed by atoms with Crippen LogP contribution in [0.25, 0.3) is 0 Å². The molecule has 1 fully saturated rings. The first-order valence-electron chi connectivity index (χ1n) is 12.4. The number of hydrogen-bond acceptors (Lipinski definition) is 8. The average Bonchev–Trinajstić information content (AvgIpc) is 2.83. The fraction of sp³-hybridized carbons (Fsp3) is 0.538. The lowest BCUT2D eigenvalue weighted by Crippen LogP contribution is -2.66. The maximum Gasteiger partial charge on any atom is 0.410 e. The molecule has 0 aliphatic carbocycles. The van der Waals surface area contributed by atoms with Crippen LogP contribution in [0.15, 0.2) is 29.6 Å². The normalized spacial score (nSPS) is 15.8. The van der Waals surface area contributed by atoms with Crippen LogP contribution in [0, 0.1) is 0 Å². The molecule has 1 aromatic carbocycles. The third-order valence-electron chi connectivity index (χ3n) is 6.07. The highest BCUT2D eigenvalue weighted by Gasteiger charge is 2.45. The number of hydrogen-bond donors (Lipinski definition) is 0. The predicted octanol–water partition coefficient (Wildman–Crippen LogP) is 4.95. The summed E-state index contributed by atoms with van der Waals surface area (Å²) < 4.78 is 16.4. The van der Waals surface area contributed by atoms with Crippen molar-refractivity contribution in [1.29, 1.82) is 0 Å². The lowest BCUT2D eigenvalue weighted by atomic mass is 10.1. The molecule has 0 saturated carbocycles. The minimum absolute atomic E-state index is 0.222. The second kappa shape index (κ2) is 11.0. The molecule has 0 N–H and O–H groups in total. The molecule has 0 bridgehead atoms. The number of rotatable bonds is 8. The lowest BCUT2D eigenvalue weighted by Gasteiger charge is -2.47. The van der Waals surface area contributed by atoms with Gasteiger partial charge in [-0.2, -0.15) is 0 Å². The van der Waals surface area contributed by atoms with Crippen molar-refractivity contribution >= 4 is 35.4 Å². The molecule has 37 heavy (non-hydrogen) atoms. The quantitative estimate of drug-likeness (QED) is 0.269. The molecule has 2 aliphatic rings. The summed E-state index contributed by atoms with van der Waals surface area (Å²) in [6.07, 6.45) is 3.56. The van der Waals surface area contributed by atoms with Crippen LogP contribution >= 0.6 is 11.8 Å². The number of urea groups is 1. The molecule has 1 saturated heterocycles. The number of carbonyl (C=O) groups is 2. The van der Waals surface area contributed by atoms with Crippen molar-refractivity contribution in [3.05, 3.63) is 30.0 Å². The van der Waals surface area contributed by atoms with E-state index in [0.29, 0.717) is 47.8 Å². The second-order valence-corrected chi connectivity index (χ2v) is 11.1. The van der Waals surface area contributed by atoms with Crippen LogP contribution in [-0.4, -0.2) is 71.7 Å². The standard InChI is InChI=1S/C26H35N5O5S/c1-7-8-9-37-23-27-13-17-14-30(18-10-20(34-5)12-21(11-18)35-6)24(32)31(22(17)28-23)19-15-29(16-19)25(33)36-26(2,3)4/h10-13,19H,7-9,14-16H2,1-6H3. The molecule has 0 unspecified atom stereocenters. The molecule has 3 heterocycles. The van der Waals surface area contributed by atoms with Gasteiger partial charge in [0.05, 0.1) is 32.5 Å². The molecule has 2 aliphatic heterocycles. The second-order valence-electron chi connectivity index (χ2n) is 10.1. The number of carbonyl (C=O) groups excluding carboxylic acids is 2. The van der Waals surface area contributed by atoms with Gasteiger partial charge in [0.25, 0.3) is 0 Å². The molecule has 0 radical (unpaired) electrons. The van der Waals surface area contributed by atoms with Crippen LogP contribution in [0.5, 0.6) is 11.5 Å². The number of nitrogens with zero attached hydrogens (tertiary/aromatic N) is 5. The number of anilines is 2. The summed E-state index contributed by atoms with van der Waals surface area (Å²) in [5, 5.41) is 0.643. The number of methoxy groups -OCH3 is 2. The first-order chi connectivity index (χ1) is 17.6. The molecular formula is C26H35N5O5S. The van der Waals surface area contributed by atoms with Crippen LogP contribution in [0.2, 0.25) is 0 Å². The highest BCUT2D eigenvalue weighted by atomic mass is 32.2. The van der Waals surface area contributed by atoms with Crippen LogP contribution in [0.3, 0.4) is 0 Å². The van der Waals surface area contributed by atoms with Gasteiger partial charge >= 0.3 is 12.1 Å². The summed E-state index contributed by atoms with van der Waals surface area (Å²) in [6.45, 7) is 8.67. The van der Waals surface area contributed by atoms with Gasteiger partial charge in [-0.15, -0.1) is 0 Å². The fourth-order valence-corrected chi connectivity index (χ4v) is 5.01. The van der Waals surface area contributed by atoms with Crippen LogP contribution in [0.1, 0.15) is 46.1 Å². The van der Waals surface area contributed by atoms with Crippen molar-refractivity contribution in [2.24, 2.45) is 0 Å². The Labute approximate surface area is 222 Å². The van der Waals surface area contributed by atoms with Crippen LogP contribution in [0.4, 0.5) is 21.1 Å². The SMILES string of the molecule is CCCCSc1ncc2c(n1)N(C1CN(C(=O)OC(C)(C)C)C1)C(=O)N(c1cc(OC)cc(OC)c1)C2. The summed E-state index contributed by atoms with van der Waals surface area (Å²) in [4.78, 5) is 40.8. The minimum atomic E-state index is -0.588. The highest BCUT2D eigenvalue weighted by Crippen LogP contribution is 2.37. The van der Waals surface area contributed by atoms with E-state index in [1.54, 1.807) is 65.1 Å². The van der Waals surface area contributed by atoms with Crippen molar-refractivity contribution in [2.45, 2.75) is 63.9 Å². The number of likely N-dealkylation sites (tertiary alicyclic amines) is 1. The predicted molar refractivity (Wildman–Crippen MR) is 143 cm³/mol. The van der Waals surface area contributed by atoms with E-state index in [1.807, 2.05) is 20.8 Å². The van der Waals surface area contributed by atoms with Gasteiger partial charge in [-0.3, -0.25) is 9.80 Å². The van der Waals surface area contributed by atoms with Gasteiger partial charge in [0.15, 0.2) is 5.16 Å². The van der Waals surface area contributed by atoms with Gasteiger partial charge in [0, 0.05) is 48.8 Å². The topological polar surface area (TPSA) is 97.3 Å². The zero-order valence-corrected chi connectivity index (χ0v) is 23.1. The van der Waals surface area contributed by atoms with Gasteiger partial charge < -0.3 is 19.1 Å². The minimum Gasteiger partial charge on any atom is -0.497 e. The largest absolute Gasteiger partial charge is 0.497 e. The third kappa shape index (κ3) is 6.03. The molecule has 2 aromatic rings. The van der Waals surface area contributed by atoms with E-state index in [2.05, 4.69) is 11.9 Å². The van der Waals surface area contributed by atoms with E-state index in [9.17, 15) is 9.59 Å². The zero-order valence-electron chi connectivity index (χ0n) is 22.3. The van der Waals surface area contributed by atoms with Crippen molar-refractivity contribution in [3.8, 4) is 11.5 Å². The molecule has 11 heteroatoms. The third-order valence-corrected chi connectivity index (χ3v) is 7.02. The Morgan fingerprint density at radius 1 is 1.14 bits per heavy atom. The van der Waals surface area contributed by atoms with Gasteiger partial charge in [-0.05, 0) is 27.2 Å². The summed E-state index contributed by atoms with van der Waals surface area (Å²) in [5.41, 5.74) is 0.883. The van der Waals surface area contributed by atoms with E-state index >= 15 is 0 Å². The summed E-state index contributed by atoms with van der Waals surface area (Å²) in [6, 6.07) is 4.90. The molecular weight excluding hydrogens is 494 g/mol. The maximum absolute atomic E-state index is 14.0. The molecule has 1 aromatic heterocycles. The summed E-state index contributed by atoms with van der Waals surface area (Å²) >= 11 is 1.59. The average molecular weight is 530 g/mol. The molecule has 4 rings (SSSR count). The van der Waals surface area contributed by atoms with Crippen molar-refractivity contribution in [2.75, 3.05) is 42.9 Å². The number of ether oxygens (including phenoxy) is 3. The van der Waals surface area contributed by atoms with Crippen molar-refractivity contribution in [1.82, 2.24) is 14.9 Å². The molecule has 10 nitrogen and oxygen atoms in total. The number of fused-ring (bicyclic) bond motifs is 1.